The van der Waals surface area contributed by atoms with Crippen molar-refractivity contribution >= 4 is 12.0 Å². The molecule has 21 heavy (non-hydrogen) atoms. The molecule has 1 unspecified atom stereocenters. The molecule has 0 saturated carbocycles. The van der Waals surface area contributed by atoms with Crippen LogP contribution in [0.4, 0.5) is 5.69 Å². The Balaban J connectivity index is 2.28. The molecule has 2 aromatic carbocycles. The monoisotopic (exact) mass is 283 g/mol. The summed E-state index contributed by atoms with van der Waals surface area (Å²) in [6.45, 7) is 2.54. The van der Waals surface area contributed by atoms with Crippen LogP contribution in [0, 0.1) is 0 Å². The maximum absolute atomic E-state index is 11.7. The van der Waals surface area contributed by atoms with Gasteiger partial charge in [0.1, 0.15) is 12.0 Å². The number of rotatable bonds is 6. The lowest BCUT2D eigenvalue weighted by atomic mass is 9.83. The quantitative estimate of drug-likeness (QED) is 0.762. The second kappa shape index (κ2) is 6.44. The van der Waals surface area contributed by atoms with E-state index in [1.54, 1.807) is 7.11 Å². The summed E-state index contributed by atoms with van der Waals surface area (Å²) in [6.07, 6.45) is 1.02. The number of hydrogen-bond donors (Lipinski definition) is 0. The molecule has 0 bridgehead atoms. The molecule has 0 spiro atoms. The van der Waals surface area contributed by atoms with Crippen LogP contribution in [0.1, 0.15) is 12.5 Å². The molecule has 0 amide bonds. The molecule has 1 atom stereocenters. The molecule has 0 N–H and O–H groups in total. The smallest absolute Gasteiger partial charge is 0.142 e. The van der Waals surface area contributed by atoms with E-state index < -0.39 is 5.41 Å². The number of likely N-dealkylation sites (N-methyl/N-ethyl adjacent to an activating group) is 1. The molecule has 3 nitrogen and oxygen atoms in total. The Morgan fingerprint density at radius 1 is 1.10 bits per heavy atom. The summed E-state index contributed by atoms with van der Waals surface area (Å²) in [5, 5.41) is 0. The van der Waals surface area contributed by atoms with Gasteiger partial charge in [0.15, 0.2) is 0 Å². The highest BCUT2D eigenvalue weighted by molar-refractivity contribution is 5.70. The SMILES string of the molecule is COc1ccccc1N(C)CC(C)(C=O)c1ccccc1. The molecule has 0 aliphatic rings. The van der Waals surface area contributed by atoms with E-state index in [-0.39, 0.29) is 0 Å². The predicted octanol–water partition coefficient (Wildman–Crippen LogP) is 3.29. The Hall–Kier alpha value is -2.29. The molecular formula is C18H21NO2. The van der Waals surface area contributed by atoms with Crippen molar-refractivity contribution in [3.05, 3.63) is 60.2 Å². The van der Waals surface area contributed by atoms with E-state index >= 15 is 0 Å². The Bertz CT molecular complexity index is 597. The first-order valence-electron chi connectivity index (χ1n) is 6.97. The molecular weight excluding hydrogens is 262 g/mol. The maximum Gasteiger partial charge on any atom is 0.142 e. The number of methoxy groups -OCH3 is 1. The fraction of sp³-hybridized carbons (Fsp3) is 0.278. The third kappa shape index (κ3) is 3.24. The van der Waals surface area contributed by atoms with Crippen molar-refractivity contribution in [1.82, 2.24) is 0 Å². The van der Waals surface area contributed by atoms with E-state index in [0.29, 0.717) is 6.54 Å². The summed E-state index contributed by atoms with van der Waals surface area (Å²) in [6, 6.07) is 17.7. The Morgan fingerprint density at radius 3 is 2.33 bits per heavy atom. The summed E-state index contributed by atoms with van der Waals surface area (Å²) < 4.78 is 5.39. The Kier molecular flexibility index (Phi) is 4.63. The summed E-state index contributed by atoms with van der Waals surface area (Å²) in [4.78, 5) is 13.7. The molecule has 110 valence electrons. The number of anilines is 1. The van der Waals surface area contributed by atoms with E-state index in [0.717, 1.165) is 23.3 Å². The lowest BCUT2D eigenvalue weighted by molar-refractivity contribution is -0.111. The normalized spacial score (nSPS) is 13.3. The van der Waals surface area contributed by atoms with E-state index in [1.165, 1.54) is 0 Å². The van der Waals surface area contributed by atoms with Crippen LogP contribution in [-0.2, 0) is 10.2 Å². The van der Waals surface area contributed by atoms with Gasteiger partial charge < -0.3 is 14.4 Å². The van der Waals surface area contributed by atoms with Gasteiger partial charge in [-0.2, -0.15) is 0 Å². The van der Waals surface area contributed by atoms with Crippen LogP contribution in [0.25, 0.3) is 0 Å². The van der Waals surface area contributed by atoms with Crippen LogP contribution in [0.15, 0.2) is 54.6 Å². The Labute approximate surface area is 126 Å². The van der Waals surface area contributed by atoms with E-state index in [2.05, 4.69) is 4.90 Å². The third-order valence-electron chi connectivity index (χ3n) is 3.76. The van der Waals surface area contributed by atoms with Gasteiger partial charge in [-0.3, -0.25) is 0 Å². The number of ether oxygens (including phenoxy) is 1. The van der Waals surface area contributed by atoms with Gasteiger partial charge in [-0.1, -0.05) is 42.5 Å². The van der Waals surface area contributed by atoms with Crippen molar-refractivity contribution in [2.45, 2.75) is 12.3 Å². The third-order valence-corrected chi connectivity index (χ3v) is 3.76. The number of para-hydroxylation sites is 2. The highest BCUT2D eigenvalue weighted by Crippen LogP contribution is 2.30. The number of hydrogen-bond acceptors (Lipinski definition) is 3. The van der Waals surface area contributed by atoms with Crippen molar-refractivity contribution in [2.75, 3.05) is 25.6 Å². The molecule has 0 aliphatic heterocycles. The molecule has 0 fully saturated rings. The zero-order valence-corrected chi connectivity index (χ0v) is 12.7. The summed E-state index contributed by atoms with van der Waals surface area (Å²) in [5.74, 6) is 0.807. The van der Waals surface area contributed by atoms with Crippen LogP contribution in [0.3, 0.4) is 0 Å². The average molecular weight is 283 g/mol. The maximum atomic E-state index is 11.7. The van der Waals surface area contributed by atoms with E-state index in [4.69, 9.17) is 4.74 Å². The van der Waals surface area contributed by atoms with Crippen molar-refractivity contribution in [2.24, 2.45) is 0 Å². The zero-order chi connectivity index (χ0) is 15.3. The molecule has 2 rings (SSSR count). The van der Waals surface area contributed by atoms with Gasteiger partial charge in [0.2, 0.25) is 0 Å². The number of benzene rings is 2. The van der Waals surface area contributed by atoms with Crippen LogP contribution < -0.4 is 9.64 Å². The van der Waals surface area contributed by atoms with Crippen LogP contribution in [-0.4, -0.2) is 27.0 Å². The van der Waals surface area contributed by atoms with Crippen LogP contribution >= 0.6 is 0 Å². The van der Waals surface area contributed by atoms with Gasteiger partial charge in [0.25, 0.3) is 0 Å². The molecule has 2 aromatic rings. The topological polar surface area (TPSA) is 29.5 Å². The average Bonchev–Trinajstić information content (AvgIpc) is 2.55. The van der Waals surface area contributed by atoms with E-state index in [9.17, 15) is 4.79 Å². The number of carbonyl (C=O) groups excluding carboxylic acids is 1. The van der Waals surface area contributed by atoms with Gasteiger partial charge in [-0.15, -0.1) is 0 Å². The first-order valence-corrected chi connectivity index (χ1v) is 6.97. The standard InChI is InChI=1S/C18H21NO2/c1-18(14-20,15-9-5-4-6-10-15)13-19(2)16-11-7-8-12-17(16)21-3/h4-12,14H,13H2,1-3H3. The second-order valence-electron chi connectivity index (χ2n) is 5.43. The minimum Gasteiger partial charge on any atom is -0.495 e. The van der Waals surface area contributed by atoms with Crippen LogP contribution in [0.2, 0.25) is 0 Å². The van der Waals surface area contributed by atoms with Crippen molar-refractivity contribution in [3.63, 3.8) is 0 Å². The van der Waals surface area contributed by atoms with Crippen molar-refractivity contribution in [1.29, 1.82) is 0 Å². The van der Waals surface area contributed by atoms with Gasteiger partial charge in [0.05, 0.1) is 18.2 Å². The number of carbonyl (C=O) groups is 1. The lowest BCUT2D eigenvalue weighted by Gasteiger charge is -2.31. The minimum absolute atomic E-state index is 0.559. The highest BCUT2D eigenvalue weighted by atomic mass is 16.5. The lowest BCUT2D eigenvalue weighted by Crippen LogP contribution is -2.38. The van der Waals surface area contributed by atoms with Gasteiger partial charge in [-0.05, 0) is 24.6 Å². The van der Waals surface area contributed by atoms with Gasteiger partial charge >= 0.3 is 0 Å². The number of nitrogens with zero attached hydrogens (tertiary/aromatic N) is 1. The summed E-state index contributed by atoms with van der Waals surface area (Å²) in [7, 11) is 3.63. The molecule has 3 heteroatoms. The van der Waals surface area contributed by atoms with E-state index in [1.807, 2.05) is 68.6 Å². The molecule has 0 aromatic heterocycles. The first-order chi connectivity index (χ1) is 10.1. The number of aldehydes is 1. The fourth-order valence-corrected chi connectivity index (χ4v) is 2.54. The van der Waals surface area contributed by atoms with Crippen molar-refractivity contribution in [3.8, 4) is 5.75 Å². The van der Waals surface area contributed by atoms with Crippen LogP contribution in [0.5, 0.6) is 5.75 Å². The van der Waals surface area contributed by atoms with Gasteiger partial charge in [0, 0.05) is 13.6 Å². The fourth-order valence-electron chi connectivity index (χ4n) is 2.54. The minimum atomic E-state index is -0.559. The van der Waals surface area contributed by atoms with Gasteiger partial charge in [-0.25, -0.2) is 0 Å². The highest BCUT2D eigenvalue weighted by Gasteiger charge is 2.28. The van der Waals surface area contributed by atoms with Crippen molar-refractivity contribution < 1.29 is 9.53 Å². The first kappa shape index (κ1) is 15.1. The molecule has 0 radical (unpaired) electrons. The molecule has 0 heterocycles. The summed E-state index contributed by atoms with van der Waals surface area (Å²) in [5.41, 5.74) is 1.43. The predicted molar refractivity (Wildman–Crippen MR) is 86.1 cm³/mol. The second-order valence-corrected chi connectivity index (χ2v) is 5.43. The Morgan fingerprint density at radius 2 is 1.71 bits per heavy atom. The molecule has 0 aliphatic carbocycles. The summed E-state index contributed by atoms with van der Waals surface area (Å²) >= 11 is 0. The zero-order valence-electron chi connectivity index (χ0n) is 12.7. The largest absolute Gasteiger partial charge is 0.495 e. The molecule has 0 saturated heterocycles.